The minimum absolute atomic E-state index is 0. The summed E-state index contributed by atoms with van der Waals surface area (Å²) < 4.78 is 5.85. The van der Waals surface area contributed by atoms with Gasteiger partial charge in [0.2, 0.25) is 0 Å². The molecule has 24 heavy (non-hydrogen) atoms. The summed E-state index contributed by atoms with van der Waals surface area (Å²) in [7, 11) is 1.87. The van der Waals surface area contributed by atoms with Crippen LogP contribution in [0, 0.1) is 5.92 Å². The molecule has 0 radical (unpaired) electrons. The van der Waals surface area contributed by atoms with Crippen LogP contribution in [0.4, 0.5) is 0 Å². The fourth-order valence-electron chi connectivity index (χ4n) is 3.07. The molecule has 1 aliphatic rings. The van der Waals surface area contributed by atoms with E-state index in [1.165, 1.54) is 25.7 Å². The number of ether oxygens (including phenoxy) is 1. The van der Waals surface area contributed by atoms with Gasteiger partial charge in [-0.05, 0) is 30.9 Å². The maximum Gasteiger partial charge on any atom is 0.191 e. The normalized spacial score (nSPS) is 18.6. The van der Waals surface area contributed by atoms with Crippen molar-refractivity contribution >= 4 is 41.7 Å². The summed E-state index contributed by atoms with van der Waals surface area (Å²) in [5, 5.41) is 7.09. The van der Waals surface area contributed by atoms with Gasteiger partial charge < -0.3 is 15.4 Å². The maximum atomic E-state index is 5.55. The third-order valence-corrected chi connectivity index (χ3v) is 6.21. The lowest BCUT2D eigenvalue weighted by atomic mass is 9.99. The third kappa shape index (κ3) is 9.13. The van der Waals surface area contributed by atoms with E-state index in [0.717, 1.165) is 56.8 Å². The number of halogens is 1. The minimum Gasteiger partial charge on any atom is -0.381 e. The molecule has 0 aromatic heterocycles. The van der Waals surface area contributed by atoms with Crippen LogP contribution in [0.3, 0.4) is 0 Å². The van der Waals surface area contributed by atoms with Crippen LogP contribution in [-0.4, -0.2) is 49.8 Å². The second kappa shape index (κ2) is 14.5. The SMILES string of the molecule is CCCCC(CC)CNC(=NC)NCC1(SCC)CCOCC1.I. The van der Waals surface area contributed by atoms with E-state index in [4.69, 9.17) is 4.74 Å². The van der Waals surface area contributed by atoms with Crippen LogP contribution in [0.5, 0.6) is 0 Å². The zero-order valence-electron chi connectivity index (χ0n) is 16.0. The number of hydrogen-bond acceptors (Lipinski definition) is 3. The number of nitrogens with one attached hydrogen (secondary N) is 2. The van der Waals surface area contributed by atoms with E-state index < -0.39 is 0 Å². The first kappa shape index (κ1) is 24.3. The van der Waals surface area contributed by atoms with Crippen molar-refractivity contribution in [2.75, 3.05) is 39.1 Å². The molecule has 0 spiro atoms. The van der Waals surface area contributed by atoms with Gasteiger partial charge in [0.05, 0.1) is 0 Å². The highest BCUT2D eigenvalue weighted by molar-refractivity contribution is 14.0. The van der Waals surface area contributed by atoms with E-state index in [2.05, 4.69) is 48.2 Å². The number of unbranched alkanes of at least 4 members (excludes halogenated alkanes) is 1. The summed E-state index contributed by atoms with van der Waals surface area (Å²) in [5.41, 5.74) is 0. The van der Waals surface area contributed by atoms with E-state index in [1.54, 1.807) is 0 Å². The molecule has 1 saturated heterocycles. The van der Waals surface area contributed by atoms with Crippen molar-refractivity contribution in [3.05, 3.63) is 0 Å². The van der Waals surface area contributed by atoms with Crippen LogP contribution in [0.1, 0.15) is 59.3 Å². The predicted molar refractivity (Wildman–Crippen MR) is 119 cm³/mol. The predicted octanol–water partition coefficient (Wildman–Crippen LogP) is 4.29. The fraction of sp³-hybridized carbons (Fsp3) is 0.944. The Labute approximate surface area is 170 Å². The highest BCUT2D eigenvalue weighted by Crippen LogP contribution is 2.34. The number of thioether (sulfide) groups is 1. The Kier molecular flexibility index (Phi) is 14.7. The molecule has 1 fully saturated rings. The number of aliphatic imine (C=N–C) groups is 1. The van der Waals surface area contributed by atoms with Gasteiger partial charge in [-0.2, -0.15) is 11.8 Å². The lowest BCUT2D eigenvalue weighted by Gasteiger charge is -2.37. The van der Waals surface area contributed by atoms with E-state index >= 15 is 0 Å². The number of rotatable bonds is 10. The fourth-order valence-corrected chi connectivity index (χ4v) is 4.31. The molecule has 0 aliphatic carbocycles. The quantitative estimate of drug-likeness (QED) is 0.284. The zero-order valence-corrected chi connectivity index (χ0v) is 19.2. The lowest BCUT2D eigenvalue weighted by molar-refractivity contribution is 0.0782. The molecular formula is C18H38IN3OS. The average Bonchev–Trinajstić information content (AvgIpc) is 2.58. The van der Waals surface area contributed by atoms with Crippen molar-refractivity contribution in [2.24, 2.45) is 10.9 Å². The molecule has 0 aromatic carbocycles. The van der Waals surface area contributed by atoms with Crippen LogP contribution in [0.15, 0.2) is 4.99 Å². The summed E-state index contributed by atoms with van der Waals surface area (Å²) >= 11 is 2.07. The highest BCUT2D eigenvalue weighted by Gasteiger charge is 2.32. The van der Waals surface area contributed by atoms with Crippen molar-refractivity contribution < 1.29 is 4.74 Å². The van der Waals surface area contributed by atoms with Crippen molar-refractivity contribution in [1.29, 1.82) is 0 Å². The molecule has 1 aliphatic heterocycles. The van der Waals surface area contributed by atoms with E-state index in [9.17, 15) is 0 Å². The second-order valence-electron chi connectivity index (χ2n) is 6.45. The van der Waals surface area contributed by atoms with E-state index in [0.29, 0.717) is 4.75 Å². The first-order valence-corrected chi connectivity index (χ1v) is 10.3. The molecular weight excluding hydrogens is 433 g/mol. The first-order chi connectivity index (χ1) is 11.2. The van der Waals surface area contributed by atoms with Crippen molar-refractivity contribution in [2.45, 2.75) is 64.0 Å². The maximum absolute atomic E-state index is 5.55. The van der Waals surface area contributed by atoms with Gasteiger partial charge in [0.1, 0.15) is 0 Å². The number of guanidine groups is 1. The Morgan fingerprint density at radius 1 is 1.21 bits per heavy atom. The molecule has 4 nitrogen and oxygen atoms in total. The lowest BCUT2D eigenvalue weighted by Crippen LogP contribution is -2.48. The summed E-state index contributed by atoms with van der Waals surface area (Å²) in [4.78, 5) is 4.40. The molecule has 1 rings (SSSR count). The van der Waals surface area contributed by atoms with Gasteiger partial charge in [-0.1, -0.05) is 40.0 Å². The van der Waals surface area contributed by atoms with Crippen LogP contribution in [-0.2, 0) is 4.74 Å². The van der Waals surface area contributed by atoms with Crippen LogP contribution < -0.4 is 10.6 Å². The summed E-state index contributed by atoms with van der Waals surface area (Å²) in [6.45, 7) is 10.6. The van der Waals surface area contributed by atoms with E-state index in [1.807, 2.05) is 7.05 Å². The van der Waals surface area contributed by atoms with Crippen molar-refractivity contribution in [3.63, 3.8) is 0 Å². The van der Waals surface area contributed by atoms with Crippen molar-refractivity contribution in [1.82, 2.24) is 10.6 Å². The molecule has 0 saturated carbocycles. The minimum atomic E-state index is 0. The van der Waals surface area contributed by atoms with Gasteiger partial charge in [-0.3, -0.25) is 4.99 Å². The molecule has 144 valence electrons. The smallest absolute Gasteiger partial charge is 0.191 e. The Hall–Kier alpha value is 0.310. The monoisotopic (exact) mass is 471 g/mol. The van der Waals surface area contributed by atoms with E-state index in [-0.39, 0.29) is 24.0 Å². The van der Waals surface area contributed by atoms with Crippen molar-refractivity contribution in [3.8, 4) is 0 Å². The Morgan fingerprint density at radius 2 is 1.92 bits per heavy atom. The highest BCUT2D eigenvalue weighted by atomic mass is 127. The Morgan fingerprint density at radius 3 is 2.46 bits per heavy atom. The van der Waals surface area contributed by atoms with Crippen LogP contribution in [0.2, 0.25) is 0 Å². The summed E-state index contributed by atoms with van der Waals surface area (Å²) in [6.07, 6.45) is 7.40. The van der Waals surface area contributed by atoms with Gasteiger partial charge >= 0.3 is 0 Å². The average molecular weight is 471 g/mol. The third-order valence-electron chi connectivity index (χ3n) is 4.76. The molecule has 6 heteroatoms. The number of hydrogen-bond donors (Lipinski definition) is 2. The summed E-state index contributed by atoms with van der Waals surface area (Å²) in [5.74, 6) is 2.85. The molecule has 1 atom stereocenters. The molecule has 0 amide bonds. The Balaban J connectivity index is 0.00000529. The zero-order chi connectivity index (χ0) is 17.0. The van der Waals surface area contributed by atoms with Gasteiger partial charge in [0.25, 0.3) is 0 Å². The van der Waals surface area contributed by atoms with Gasteiger partial charge in [0.15, 0.2) is 5.96 Å². The first-order valence-electron chi connectivity index (χ1n) is 9.35. The Bertz CT molecular complexity index is 331. The van der Waals surface area contributed by atoms with Gasteiger partial charge in [-0.15, -0.1) is 24.0 Å². The molecule has 0 aromatic rings. The second-order valence-corrected chi connectivity index (χ2v) is 8.18. The number of nitrogens with zero attached hydrogens (tertiary/aromatic N) is 1. The topological polar surface area (TPSA) is 45.7 Å². The molecule has 1 unspecified atom stereocenters. The van der Waals surface area contributed by atoms with Crippen LogP contribution >= 0.6 is 35.7 Å². The molecule has 0 bridgehead atoms. The van der Waals surface area contributed by atoms with Gasteiger partial charge in [0, 0.05) is 38.1 Å². The molecule has 1 heterocycles. The van der Waals surface area contributed by atoms with Crippen LogP contribution in [0.25, 0.3) is 0 Å². The standard InChI is InChI=1S/C18H37N3OS.HI/c1-5-8-9-16(6-2)14-20-17(19-4)21-15-18(23-7-3)10-12-22-13-11-18;/h16H,5-15H2,1-4H3,(H2,19,20,21);1H. The van der Waals surface area contributed by atoms with Gasteiger partial charge in [-0.25, -0.2) is 0 Å². The molecule has 2 N–H and O–H groups in total. The largest absolute Gasteiger partial charge is 0.381 e. The summed E-state index contributed by atoms with van der Waals surface area (Å²) in [6, 6.07) is 0.